The molecular weight excluding hydrogens is 540 g/mol. The van der Waals surface area contributed by atoms with Crippen LogP contribution in [-0.4, -0.2) is 0 Å². The monoisotopic (exact) mass is 570 g/mol. The SMILES string of the molecule is Cc1ccc(-c2c3ccccc3c(-c3cc4ccccc4c4ccccc34)c3cc(-c4ccc5ccccc5c4)ccc23)cc1. The first-order valence-corrected chi connectivity index (χ1v) is 15.7. The maximum absolute atomic E-state index is 2.43. The third-order valence-corrected chi connectivity index (χ3v) is 9.48. The van der Waals surface area contributed by atoms with Gasteiger partial charge in [0.15, 0.2) is 0 Å². The van der Waals surface area contributed by atoms with Crippen LogP contribution in [0.5, 0.6) is 0 Å². The average Bonchev–Trinajstić information content (AvgIpc) is 3.10. The molecule has 9 aromatic carbocycles. The van der Waals surface area contributed by atoms with Crippen LogP contribution in [0, 0.1) is 6.92 Å². The number of fused-ring (bicyclic) bond motifs is 6. The van der Waals surface area contributed by atoms with Gasteiger partial charge in [-0.3, -0.25) is 0 Å². The normalized spacial score (nSPS) is 11.7. The Labute approximate surface area is 262 Å². The number of benzene rings is 9. The van der Waals surface area contributed by atoms with Gasteiger partial charge in [-0.15, -0.1) is 0 Å². The molecule has 0 aromatic heterocycles. The standard InChI is InChI=1S/C45H30/c1-29-18-20-31(21-19-29)44-39-16-8-9-17-40(39)45(42-28-35-12-4-5-13-36(35)37-14-6-7-15-38(37)42)43-27-34(24-25-41(43)44)33-23-22-30-10-2-3-11-32(30)26-33/h2-28H,1H3. The van der Waals surface area contributed by atoms with E-state index in [1.165, 1.54) is 92.8 Å². The Bertz CT molecular complexity index is 2590. The van der Waals surface area contributed by atoms with E-state index in [2.05, 4.69) is 171 Å². The minimum atomic E-state index is 1.23. The lowest BCUT2D eigenvalue weighted by Gasteiger charge is -2.20. The second kappa shape index (κ2) is 10.2. The third-order valence-electron chi connectivity index (χ3n) is 9.48. The lowest BCUT2D eigenvalue weighted by molar-refractivity contribution is 1.47. The van der Waals surface area contributed by atoms with E-state index in [0.717, 1.165) is 0 Å². The zero-order valence-corrected chi connectivity index (χ0v) is 25.1. The highest BCUT2D eigenvalue weighted by atomic mass is 14.2. The van der Waals surface area contributed by atoms with Crippen molar-refractivity contribution in [1.82, 2.24) is 0 Å². The van der Waals surface area contributed by atoms with Gasteiger partial charge >= 0.3 is 0 Å². The van der Waals surface area contributed by atoms with Crippen LogP contribution in [0.25, 0.3) is 87.2 Å². The van der Waals surface area contributed by atoms with Crippen LogP contribution in [0.1, 0.15) is 5.56 Å². The predicted octanol–water partition coefficient (Wildman–Crippen LogP) is 12.8. The summed E-state index contributed by atoms with van der Waals surface area (Å²) in [5.41, 5.74) is 8.83. The lowest BCUT2D eigenvalue weighted by atomic mass is 9.83. The van der Waals surface area contributed by atoms with Gasteiger partial charge in [0.05, 0.1) is 0 Å². The molecule has 0 nitrogen and oxygen atoms in total. The maximum Gasteiger partial charge on any atom is -0.00197 e. The van der Waals surface area contributed by atoms with E-state index in [1.54, 1.807) is 0 Å². The van der Waals surface area contributed by atoms with Crippen LogP contribution in [-0.2, 0) is 0 Å². The van der Waals surface area contributed by atoms with Crippen molar-refractivity contribution in [2.24, 2.45) is 0 Å². The van der Waals surface area contributed by atoms with E-state index in [4.69, 9.17) is 0 Å². The quantitative estimate of drug-likeness (QED) is 0.146. The van der Waals surface area contributed by atoms with Gasteiger partial charge in [0.25, 0.3) is 0 Å². The van der Waals surface area contributed by atoms with Gasteiger partial charge in [0, 0.05) is 0 Å². The first-order valence-electron chi connectivity index (χ1n) is 15.7. The number of rotatable bonds is 3. The van der Waals surface area contributed by atoms with E-state index < -0.39 is 0 Å². The summed E-state index contributed by atoms with van der Waals surface area (Å²) in [6.45, 7) is 2.16. The summed E-state index contributed by atoms with van der Waals surface area (Å²) in [5, 5.41) is 12.7. The average molecular weight is 571 g/mol. The van der Waals surface area contributed by atoms with Crippen LogP contribution < -0.4 is 0 Å². The fourth-order valence-electron chi connectivity index (χ4n) is 7.31. The van der Waals surface area contributed by atoms with Crippen LogP contribution in [0.3, 0.4) is 0 Å². The van der Waals surface area contributed by atoms with Crippen molar-refractivity contribution in [3.05, 3.63) is 169 Å². The van der Waals surface area contributed by atoms with Crippen molar-refractivity contribution in [3.8, 4) is 33.4 Å². The third kappa shape index (κ3) is 4.14. The molecule has 9 aromatic rings. The van der Waals surface area contributed by atoms with Crippen molar-refractivity contribution >= 4 is 53.9 Å². The summed E-state index contributed by atoms with van der Waals surface area (Å²) >= 11 is 0. The van der Waals surface area contributed by atoms with Gasteiger partial charge in [-0.2, -0.15) is 0 Å². The van der Waals surface area contributed by atoms with Crippen LogP contribution in [0.2, 0.25) is 0 Å². The Kier molecular flexibility index (Phi) is 5.83. The highest BCUT2D eigenvalue weighted by molar-refractivity contribution is 6.26. The molecule has 0 saturated heterocycles. The van der Waals surface area contributed by atoms with Crippen molar-refractivity contribution < 1.29 is 0 Å². The summed E-state index contributed by atoms with van der Waals surface area (Å²) in [5.74, 6) is 0. The molecule has 0 N–H and O–H groups in total. The minimum absolute atomic E-state index is 1.23. The Balaban J connectivity index is 1.45. The molecule has 0 heteroatoms. The molecule has 0 saturated carbocycles. The first kappa shape index (κ1) is 25.7. The van der Waals surface area contributed by atoms with Gasteiger partial charge in [-0.1, -0.05) is 151 Å². The van der Waals surface area contributed by atoms with E-state index in [0.29, 0.717) is 0 Å². The molecule has 0 unspecified atom stereocenters. The molecule has 0 atom stereocenters. The van der Waals surface area contributed by atoms with Gasteiger partial charge in [-0.25, -0.2) is 0 Å². The number of hydrogen-bond acceptors (Lipinski definition) is 0. The zero-order valence-electron chi connectivity index (χ0n) is 25.1. The molecular formula is C45H30. The first-order chi connectivity index (χ1) is 22.2. The molecule has 0 radical (unpaired) electrons. The van der Waals surface area contributed by atoms with Gasteiger partial charge in [0.1, 0.15) is 0 Å². The fourth-order valence-corrected chi connectivity index (χ4v) is 7.31. The summed E-state index contributed by atoms with van der Waals surface area (Å²) in [6, 6.07) is 60.6. The van der Waals surface area contributed by atoms with Crippen molar-refractivity contribution in [2.75, 3.05) is 0 Å². The minimum Gasteiger partial charge on any atom is -0.0616 e. The van der Waals surface area contributed by atoms with E-state index in [9.17, 15) is 0 Å². The Morgan fingerprint density at radius 2 is 0.822 bits per heavy atom. The number of aryl methyl sites for hydroxylation is 1. The van der Waals surface area contributed by atoms with E-state index in [-0.39, 0.29) is 0 Å². The predicted molar refractivity (Wildman–Crippen MR) is 195 cm³/mol. The zero-order chi connectivity index (χ0) is 29.9. The Hall–Kier alpha value is -5.72. The second-order valence-corrected chi connectivity index (χ2v) is 12.2. The summed E-state index contributed by atoms with van der Waals surface area (Å²) in [4.78, 5) is 0. The molecule has 0 aliphatic heterocycles. The smallest absolute Gasteiger partial charge is 0.00197 e. The lowest BCUT2D eigenvalue weighted by Crippen LogP contribution is -1.93. The van der Waals surface area contributed by atoms with Gasteiger partial charge < -0.3 is 0 Å². The molecule has 0 spiro atoms. The molecule has 0 bridgehead atoms. The van der Waals surface area contributed by atoms with Crippen LogP contribution >= 0.6 is 0 Å². The fraction of sp³-hybridized carbons (Fsp3) is 0.0222. The van der Waals surface area contributed by atoms with Crippen molar-refractivity contribution in [2.45, 2.75) is 6.92 Å². The Morgan fingerprint density at radius 3 is 1.60 bits per heavy atom. The molecule has 0 fully saturated rings. The number of hydrogen-bond donors (Lipinski definition) is 0. The molecule has 0 aliphatic rings. The Morgan fingerprint density at radius 1 is 0.289 bits per heavy atom. The maximum atomic E-state index is 2.43. The van der Waals surface area contributed by atoms with Crippen LogP contribution in [0.4, 0.5) is 0 Å². The largest absolute Gasteiger partial charge is 0.0616 e. The molecule has 0 heterocycles. The van der Waals surface area contributed by atoms with E-state index in [1.807, 2.05) is 0 Å². The summed E-state index contributed by atoms with van der Waals surface area (Å²) in [6.07, 6.45) is 0. The molecule has 0 aliphatic carbocycles. The summed E-state index contributed by atoms with van der Waals surface area (Å²) in [7, 11) is 0. The molecule has 210 valence electrons. The topological polar surface area (TPSA) is 0 Å². The summed E-state index contributed by atoms with van der Waals surface area (Å²) < 4.78 is 0. The van der Waals surface area contributed by atoms with Gasteiger partial charge in [0.2, 0.25) is 0 Å². The van der Waals surface area contributed by atoms with Gasteiger partial charge in [-0.05, 0) is 112 Å². The van der Waals surface area contributed by atoms with Crippen molar-refractivity contribution in [3.63, 3.8) is 0 Å². The van der Waals surface area contributed by atoms with E-state index >= 15 is 0 Å². The highest BCUT2D eigenvalue weighted by Gasteiger charge is 2.19. The molecule has 45 heavy (non-hydrogen) atoms. The molecule has 9 rings (SSSR count). The van der Waals surface area contributed by atoms with Crippen molar-refractivity contribution in [1.29, 1.82) is 0 Å². The van der Waals surface area contributed by atoms with Crippen LogP contribution in [0.15, 0.2) is 164 Å². The molecule has 0 amide bonds. The highest BCUT2D eigenvalue weighted by Crippen LogP contribution is 2.47. The second-order valence-electron chi connectivity index (χ2n) is 12.2.